The van der Waals surface area contributed by atoms with E-state index in [2.05, 4.69) is 9.97 Å². The third-order valence-corrected chi connectivity index (χ3v) is 3.21. The van der Waals surface area contributed by atoms with Gasteiger partial charge in [-0.2, -0.15) is 13.2 Å². The molecule has 8 heteroatoms. The van der Waals surface area contributed by atoms with Crippen LogP contribution in [-0.4, -0.2) is 34.1 Å². The van der Waals surface area contributed by atoms with Crippen LogP contribution >= 0.6 is 0 Å². The highest BCUT2D eigenvalue weighted by atomic mass is 19.4. The van der Waals surface area contributed by atoms with Gasteiger partial charge in [-0.25, -0.2) is 9.97 Å². The van der Waals surface area contributed by atoms with Gasteiger partial charge in [0.25, 0.3) is 0 Å². The van der Waals surface area contributed by atoms with E-state index in [0.29, 0.717) is 19.4 Å². The SMILES string of the molecule is Cc1nc(N2CCCC(C(=O)O)C2)cc(C(F)(F)F)n1. The number of anilines is 1. The first-order valence-corrected chi connectivity index (χ1v) is 6.18. The maximum atomic E-state index is 12.7. The molecule has 1 fully saturated rings. The van der Waals surface area contributed by atoms with Crippen LogP contribution in [0.3, 0.4) is 0 Å². The van der Waals surface area contributed by atoms with Crippen molar-refractivity contribution < 1.29 is 23.1 Å². The maximum absolute atomic E-state index is 12.7. The Morgan fingerprint density at radius 2 is 2.15 bits per heavy atom. The summed E-state index contributed by atoms with van der Waals surface area (Å²) < 4.78 is 38.2. The number of hydrogen-bond donors (Lipinski definition) is 1. The number of alkyl halides is 3. The van der Waals surface area contributed by atoms with E-state index in [1.54, 1.807) is 4.90 Å². The first-order chi connectivity index (χ1) is 9.27. The van der Waals surface area contributed by atoms with Crippen molar-refractivity contribution >= 4 is 11.8 Å². The Bertz CT molecular complexity index is 519. The normalized spacial score (nSPS) is 20.0. The van der Waals surface area contributed by atoms with E-state index in [4.69, 9.17) is 5.11 Å². The van der Waals surface area contributed by atoms with Crippen LogP contribution in [0.5, 0.6) is 0 Å². The van der Waals surface area contributed by atoms with Crippen molar-refractivity contribution in [2.75, 3.05) is 18.0 Å². The summed E-state index contributed by atoms with van der Waals surface area (Å²) in [6.07, 6.45) is -3.40. The predicted molar refractivity (Wildman–Crippen MR) is 64.3 cm³/mol. The summed E-state index contributed by atoms with van der Waals surface area (Å²) in [5.41, 5.74) is -1.00. The Morgan fingerprint density at radius 1 is 1.45 bits per heavy atom. The lowest BCUT2D eigenvalue weighted by molar-refractivity contribution is -0.142. The third-order valence-electron chi connectivity index (χ3n) is 3.21. The van der Waals surface area contributed by atoms with Crippen molar-refractivity contribution in [1.29, 1.82) is 0 Å². The molecule has 0 amide bonds. The fourth-order valence-corrected chi connectivity index (χ4v) is 2.25. The van der Waals surface area contributed by atoms with E-state index in [1.807, 2.05) is 0 Å². The van der Waals surface area contributed by atoms with Crippen LogP contribution in [0, 0.1) is 12.8 Å². The number of aromatic nitrogens is 2. The fraction of sp³-hybridized carbons (Fsp3) is 0.583. The molecule has 0 spiro atoms. The van der Waals surface area contributed by atoms with Crippen LogP contribution in [0.4, 0.5) is 19.0 Å². The number of carboxylic acid groups (broad SMARTS) is 1. The molecular formula is C12H14F3N3O2. The van der Waals surface area contributed by atoms with Gasteiger partial charge in [-0.1, -0.05) is 0 Å². The maximum Gasteiger partial charge on any atom is 0.433 e. The standard InChI is InChI=1S/C12H14F3N3O2/c1-7-16-9(12(13,14)15)5-10(17-7)18-4-2-3-8(6-18)11(19)20/h5,8H,2-4,6H2,1H3,(H,19,20). The molecule has 20 heavy (non-hydrogen) atoms. The van der Waals surface area contributed by atoms with Gasteiger partial charge in [0.2, 0.25) is 0 Å². The topological polar surface area (TPSA) is 66.3 Å². The summed E-state index contributed by atoms with van der Waals surface area (Å²) in [7, 11) is 0. The van der Waals surface area contributed by atoms with Gasteiger partial charge >= 0.3 is 12.1 Å². The van der Waals surface area contributed by atoms with Crippen LogP contribution in [-0.2, 0) is 11.0 Å². The van der Waals surface area contributed by atoms with Crippen molar-refractivity contribution in [2.45, 2.75) is 25.9 Å². The highest BCUT2D eigenvalue weighted by Gasteiger charge is 2.34. The number of carbonyl (C=O) groups is 1. The zero-order valence-electron chi connectivity index (χ0n) is 10.8. The van der Waals surface area contributed by atoms with Gasteiger partial charge in [0.05, 0.1) is 5.92 Å². The van der Waals surface area contributed by atoms with Crippen LogP contribution in [0.25, 0.3) is 0 Å². The summed E-state index contributed by atoms with van der Waals surface area (Å²) in [4.78, 5) is 19.9. The number of hydrogen-bond acceptors (Lipinski definition) is 4. The number of rotatable bonds is 2. The minimum absolute atomic E-state index is 0.0206. The van der Waals surface area contributed by atoms with Crippen LogP contribution in [0.2, 0.25) is 0 Å². The van der Waals surface area contributed by atoms with Crippen molar-refractivity contribution in [3.05, 3.63) is 17.6 Å². The van der Waals surface area contributed by atoms with Gasteiger partial charge in [0, 0.05) is 19.2 Å². The third kappa shape index (κ3) is 3.17. The lowest BCUT2D eigenvalue weighted by Crippen LogP contribution is -2.39. The molecule has 1 aromatic rings. The molecule has 110 valence electrons. The van der Waals surface area contributed by atoms with Gasteiger partial charge in [-0.15, -0.1) is 0 Å². The summed E-state index contributed by atoms with van der Waals surface area (Å²) in [6.45, 7) is 2.05. The van der Waals surface area contributed by atoms with Gasteiger partial charge in [-0.05, 0) is 19.8 Å². The molecule has 1 atom stereocenters. The van der Waals surface area contributed by atoms with Gasteiger partial charge in [0.1, 0.15) is 17.3 Å². The van der Waals surface area contributed by atoms with Crippen molar-refractivity contribution in [3.8, 4) is 0 Å². The van der Waals surface area contributed by atoms with E-state index >= 15 is 0 Å². The number of piperidine rings is 1. The zero-order chi connectivity index (χ0) is 14.9. The monoisotopic (exact) mass is 289 g/mol. The van der Waals surface area contributed by atoms with Crippen LogP contribution < -0.4 is 4.90 Å². The highest BCUT2D eigenvalue weighted by Crippen LogP contribution is 2.30. The molecule has 1 aliphatic heterocycles. The summed E-state index contributed by atoms with van der Waals surface area (Å²) >= 11 is 0. The van der Waals surface area contributed by atoms with Gasteiger partial charge in [-0.3, -0.25) is 4.79 Å². The lowest BCUT2D eigenvalue weighted by atomic mass is 9.98. The van der Waals surface area contributed by atoms with E-state index in [9.17, 15) is 18.0 Å². The Kier molecular flexibility index (Phi) is 3.82. The molecule has 2 rings (SSSR count). The number of aryl methyl sites for hydroxylation is 1. The van der Waals surface area contributed by atoms with E-state index < -0.39 is 23.8 Å². The van der Waals surface area contributed by atoms with Crippen molar-refractivity contribution in [1.82, 2.24) is 9.97 Å². The minimum atomic E-state index is -4.54. The second-order valence-corrected chi connectivity index (χ2v) is 4.78. The zero-order valence-corrected chi connectivity index (χ0v) is 10.8. The molecule has 0 bridgehead atoms. The molecule has 1 unspecified atom stereocenters. The molecule has 0 saturated carbocycles. The van der Waals surface area contributed by atoms with E-state index in [-0.39, 0.29) is 18.2 Å². The fourth-order valence-electron chi connectivity index (χ4n) is 2.25. The molecule has 1 aliphatic rings. The van der Waals surface area contributed by atoms with Crippen LogP contribution in [0.15, 0.2) is 6.07 Å². The number of carboxylic acids is 1. The average Bonchev–Trinajstić information content (AvgIpc) is 2.37. The Hall–Kier alpha value is -1.86. The largest absolute Gasteiger partial charge is 0.481 e. The van der Waals surface area contributed by atoms with Crippen molar-refractivity contribution in [2.24, 2.45) is 5.92 Å². The lowest BCUT2D eigenvalue weighted by Gasteiger charge is -2.31. The Morgan fingerprint density at radius 3 is 2.75 bits per heavy atom. The number of nitrogens with zero attached hydrogens (tertiary/aromatic N) is 3. The second kappa shape index (κ2) is 5.26. The second-order valence-electron chi connectivity index (χ2n) is 4.78. The first-order valence-electron chi connectivity index (χ1n) is 6.18. The van der Waals surface area contributed by atoms with E-state index in [1.165, 1.54) is 6.92 Å². The number of halogens is 3. The summed E-state index contributed by atoms with van der Waals surface area (Å²) in [5.74, 6) is -1.35. The number of aliphatic carboxylic acids is 1. The molecule has 0 radical (unpaired) electrons. The molecule has 2 heterocycles. The molecule has 1 N–H and O–H groups in total. The summed E-state index contributed by atoms with van der Waals surface area (Å²) in [5, 5.41) is 9.00. The molecule has 5 nitrogen and oxygen atoms in total. The highest BCUT2D eigenvalue weighted by molar-refractivity contribution is 5.71. The average molecular weight is 289 g/mol. The van der Waals surface area contributed by atoms with Gasteiger partial charge in [0.15, 0.2) is 0 Å². The molecule has 1 aromatic heterocycles. The molecule has 0 aliphatic carbocycles. The first kappa shape index (κ1) is 14.5. The van der Waals surface area contributed by atoms with Crippen molar-refractivity contribution in [3.63, 3.8) is 0 Å². The molecular weight excluding hydrogens is 275 g/mol. The minimum Gasteiger partial charge on any atom is -0.481 e. The summed E-state index contributed by atoms with van der Waals surface area (Å²) in [6, 6.07) is 0.872. The smallest absolute Gasteiger partial charge is 0.433 e. The van der Waals surface area contributed by atoms with E-state index in [0.717, 1.165) is 6.07 Å². The quantitative estimate of drug-likeness (QED) is 0.903. The molecule has 1 saturated heterocycles. The Labute approximate surface area is 113 Å². The van der Waals surface area contributed by atoms with Crippen LogP contribution in [0.1, 0.15) is 24.4 Å². The van der Waals surface area contributed by atoms with Gasteiger partial charge < -0.3 is 10.0 Å². The Balaban J connectivity index is 2.28. The predicted octanol–water partition coefficient (Wildman–Crippen LogP) is 2.10. The molecule has 0 aromatic carbocycles.